The lowest BCUT2D eigenvalue weighted by atomic mass is 10.1. The van der Waals surface area contributed by atoms with Crippen LogP contribution in [-0.2, 0) is 17.6 Å². The molecule has 1 N–H and O–H groups in total. The third-order valence-corrected chi connectivity index (χ3v) is 4.88. The summed E-state index contributed by atoms with van der Waals surface area (Å²) in [5.41, 5.74) is 3.09. The number of carbonyl (C=O) groups excluding carboxylic acids is 1. The first-order valence-corrected chi connectivity index (χ1v) is 9.37. The summed E-state index contributed by atoms with van der Waals surface area (Å²) in [6, 6.07) is 11.8. The Labute approximate surface area is 157 Å². The van der Waals surface area contributed by atoms with Crippen molar-refractivity contribution in [1.29, 1.82) is 0 Å². The van der Waals surface area contributed by atoms with Gasteiger partial charge >= 0.3 is 0 Å². The van der Waals surface area contributed by atoms with Gasteiger partial charge in [-0.15, -0.1) is 11.3 Å². The molecule has 2 heterocycles. The highest BCUT2D eigenvalue weighted by atomic mass is 32.1. The SMILES string of the molecule is COc1cccc(CCNC(=O)CCc2csc(-c3cccnc3)n2)c1. The fourth-order valence-corrected chi connectivity index (χ4v) is 3.39. The van der Waals surface area contributed by atoms with Gasteiger partial charge in [-0.25, -0.2) is 4.98 Å². The first kappa shape index (κ1) is 18.1. The van der Waals surface area contributed by atoms with Crippen LogP contribution in [0.3, 0.4) is 0 Å². The molecule has 1 aromatic carbocycles. The van der Waals surface area contributed by atoms with Crippen LogP contribution < -0.4 is 10.1 Å². The summed E-state index contributed by atoms with van der Waals surface area (Å²) in [7, 11) is 1.65. The van der Waals surface area contributed by atoms with Gasteiger partial charge in [0.15, 0.2) is 0 Å². The number of nitrogens with zero attached hydrogens (tertiary/aromatic N) is 2. The molecule has 1 amide bonds. The third kappa shape index (κ3) is 5.13. The number of methoxy groups -OCH3 is 1. The Hall–Kier alpha value is -2.73. The van der Waals surface area contributed by atoms with E-state index in [-0.39, 0.29) is 5.91 Å². The van der Waals surface area contributed by atoms with Crippen LogP contribution in [-0.4, -0.2) is 29.5 Å². The molecule has 6 heteroatoms. The smallest absolute Gasteiger partial charge is 0.220 e. The van der Waals surface area contributed by atoms with Crippen molar-refractivity contribution in [3.8, 4) is 16.3 Å². The monoisotopic (exact) mass is 367 g/mol. The molecule has 0 radical (unpaired) electrons. The first-order chi connectivity index (χ1) is 12.7. The zero-order chi connectivity index (χ0) is 18.2. The Kier molecular flexibility index (Phi) is 6.33. The standard InChI is InChI=1S/C20H21N3O2S/c1-25-18-6-2-4-15(12-18)9-11-22-19(24)8-7-17-14-26-20(23-17)16-5-3-10-21-13-16/h2-6,10,12-14H,7-9,11H2,1H3,(H,22,24). The minimum atomic E-state index is 0.0452. The summed E-state index contributed by atoms with van der Waals surface area (Å²) in [6.07, 6.45) is 5.41. The van der Waals surface area contributed by atoms with Crippen LogP contribution >= 0.6 is 11.3 Å². The Bertz CT molecular complexity index is 849. The number of ether oxygens (including phenoxy) is 1. The molecule has 26 heavy (non-hydrogen) atoms. The summed E-state index contributed by atoms with van der Waals surface area (Å²) in [5.74, 6) is 0.880. The minimum Gasteiger partial charge on any atom is -0.497 e. The van der Waals surface area contributed by atoms with Crippen molar-refractivity contribution in [2.45, 2.75) is 19.3 Å². The van der Waals surface area contributed by atoms with Crippen molar-refractivity contribution in [1.82, 2.24) is 15.3 Å². The molecular formula is C20H21N3O2S. The van der Waals surface area contributed by atoms with E-state index in [2.05, 4.69) is 15.3 Å². The fourth-order valence-electron chi connectivity index (χ4n) is 2.55. The minimum absolute atomic E-state index is 0.0452. The molecule has 0 bridgehead atoms. The van der Waals surface area contributed by atoms with Crippen LogP contribution in [0, 0.1) is 0 Å². The molecule has 3 aromatic rings. The third-order valence-electron chi connectivity index (χ3n) is 3.94. The molecule has 3 rings (SSSR count). The Morgan fingerprint density at radius 2 is 2.15 bits per heavy atom. The lowest BCUT2D eigenvalue weighted by molar-refractivity contribution is -0.121. The first-order valence-electron chi connectivity index (χ1n) is 8.49. The predicted molar refractivity (Wildman–Crippen MR) is 103 cm³/mol. The van der Waals surface area contributed by atoms with Gasteiger partial charge < -0.3 is 10.1 Å². The molecule has 0 saturated heterocycles. The quantitative estimate of drug-likeness (QED) is 0.662. The number of hydrogen-bond donors (Lipinski definition) is 1. The topological polar surface area (TPSA) is 64.1 Å². The summed E-state index contributed by atoms with van der Waals surface area (Å²) < 4.78 is 5.21. The molecule has 0 spiro atoms. The number of thiazole rings is 1. The molecule has 134 valence electrons. The van der Waals surface area contributed by atoms with E-state index in [1.165, 1.54) is 0 Å². The zero-order valence-corrected chi connectivity index (χ0v) is 15.5. The average Bonchev–Trinajstić information content (AvgIpc) is 3.16. The van der Waals surface area contributed by atoms with E-state index in [9.17, 15) is 4.79 Å². The number of amides is 1. The molecule has 0 unspecified atom stereocenters. The summed E-state index contributed by atoms with van der Waals surface area (Å²) in [5, 5.41) is 5.91. The van der Waals surface area contributed by atoms with E-state index in [0.717, 1.165) is 34.0 Å². The van der Waals surface area contributed by atoms with Crippen LogP contribution in [0.25, 0.3) is 10.6 Å². The number of hydrogen-bond acceptors (Lipinski definition) is 5. The van der Waals surface area contributed by atoms with Crippen LogP contribution in [0.2, 0.25) is 0 Å². The van der Waals surface area contributed by atoms with Gasteiger partial charge in [0.25, 0.3) is 0 Å². The second kappa shape index (κ2) is 9.10. The number of carbonyl (C=O) groups is 1. The fraction of sp³-hybridized carbons (Fsp3) is 0.250. The largest absolute Gasteiger partial charge is 0.497 e. The molecule has 0 aliphatic rings. The number of pyridine rings is 1. The van der Waals surface area contributed by atoms with Crippen LogP contribution in [0.15, 0.2) is 54.2 Å². The Balaban J connectivity index is 1.42. The molecule has 2 aromatic heterocycles. The van der Waals surface area contributed by atoms with Crippen molar-refractivity contribution in [2.24, 2.45) is 0 Å². The van der Waals surface area contributed by atoms with Crippen molar-refractivity contribution in [3.05, 3.63) is 65.4 Å². The number of rotatable bonds is 8. The van der Waals surface area contributed by atoms with Gasteiger partial charge in [-0.05, 0) is 42.7 Å². The van der Waals surface area contributed by atoms with Gasteiger partial charge in [0, 0.05) is 36.3 Å². The molecule has 0 aliphatic carbocycles. The molecule has 0 fully saturated rings. The van der Waals surface area contributed by atoms with Crippen LogP contribution in [0.1, 0.15) is 17.7 Å². The number of benzene rings is 1. The van der Waals surface area contributed by atoms with Crippen LogP contribution in [0.5, 0.6) is 5.75 Å². The highest BCUT2D eigenvalue weighted by molar-refractivity contribution is 7.13. The number of aryl methyl sites for hydroxylation is 1. The van der Waals surface area contributed by atoms with Gasteiger partial charge in [0.05, 0.1) is 12.8 Å². The van der Waals surface area contributed by atoms with Gasteiger partial charge in [-0.2, -0.15) is 0 Å². The summed E-state index contributed by atoms with van der Waals surface area (Å²) in [6.45, 7) is 0.615. The maximum Gasteiger partial charge on any atom is 0.220 e. The number of nitrogens with one attached hydrogen (secondary N) is 1. The lowest BCUT2D eigenvalue weighted by Gasteiger charge is -2.06. The zero-order valence-electron chi connectivity index (χ0n) is 14.6. The van der Waals surface area contributed by atoms with E-state index in [1.54, 1.807) is 30.8 Å². The molecular weight excluding hydrogens is 346 g/mol. The van der Waals surface area contributed by atoms with Gasteiger partial charge in [0.2, 0.25) is 5.91 Å². The maximum atomic E-state index is 12.0. The van der Waals surface area contributed by atoms with E-state index < -0.39 is 0 Å². The molecule has 0 saturated carbocycles. The normalized spacial score (nSPS) is 10.5. The maximum absolute atomic E-state index is 12.0. The summed E-state index contributed by atoms with van der Waals surface area (Å²) >= 11 is 1.58. The Morgan fingerprint density at radius 3 is 2.96 bits per heavy atom. The van der Waals surface area contributed by atoms with E-state index in [4.69, 9.17) is 4.74 Å². The Morgan fingerprint density at radius 1 is 1.23 bits per heavy atom. The van der Waals surface area contributed by atoms with E-state index in [0.29, 0.717) is 19.4 Å². The van der Waals surface area contributed by atoms with Crippen molar-refractivity contribution < 1.29 is 9.53 Å². The van der Waals surface area contributed by atoms with Crippen LogP contribution in [0.4, 0.5) is 0 Å². The van der Waals surface area contributed by atoms with Crippen molar-refractivity contribution in [3.63, 3.8) is 0 Å². The lowest BCUT2D eigenvalue weighted by Crippen LogP contribution is -2.25. The second-order valence-electron chi connectivity index (χ2n) is 5.84. The van der Waals surface area contributed by atoms with E-state index in [1.807, 2.05) is 41.8 Å². The van der Waals surface area contributed by atoms with Gasteiger partial charge in [0.1, 0.15) is 10.8 Å². The second-order valence-corrected chi connectivity index (χ2v) is 6.70. The highest BCUT2D eigenvalue weighted by Gasteiger charge is 2.07. The van der Waals surface area contributed by atoms with Gasteiger partial charge in [-0.3, -0.25) is 9.78 Å². The molecule has 0 aliphatic heterocycles. The van der Waals surface area contributed by atoms with E-state index >= 15 is 0 Å². The average molecular weight is 367 g/mol. The van der Waals surface area contributed by atoms with Crippen molar-refractivity contribution >= 4 is 17.2 Å². The highest BCUT2D eigenvalue weighted by Crippen LogP contribution is 2.23. The molecule has 5 nitrogen and oxygen atoms in total. The van der Waals surface area contributed by atoms with Gasteiger partial charge in [-0.1, -0.05) is 12.1 Å². The predicted octanol–water partition coefficient (Wildman–Crippen LogP) is 3.51. The summed E-state index contributed by atoms with van der Waals surface area (Å²) in [4.78, 5) is 20.7. The van der Waals surface area contributed by atoms with Crippen molar-refractivity contribution in [2.75, 3.05) is 13.7 Å². The molecule has 0 atom stereocenters. The number of aromatic nitrogens is 2.